The van der Waals surface area contributed by atoms with Crippen molar-refractivity contribution in [3.8, 4) is 11.5 Å². The Bertz CT molecular complexity index is 761. The van der Waals surface area contributed by atoms with E-state index in [4.69, 9.17) is 25.8 Å². The van der Waals surface area contributed by atoms with Crippen LogP contribution >= 0.6 is 11.6 Å². The number of ether oxygens (including phenoxy) is 3. The van der Waals surface area contributed by atoms with Crippen molar-refractivity contribution in [2.24, 2.45) is 0 Å². The fourth-order valence-corrected chi connectivity index (χ4v) is 2.26. The number of anilines is 1. The Morgan fingerprint density at radius 2 is 1.56 bits per heavy atom. The quantitative estimate of drug-likeness (QED) is 0.686. The monoisotopic (exact) mass is 391 g/mol. The number of amides is 1. The largest absolute Gasteiger partial charge is 0.494 e. The molecule has 1 amide bonds. The number of esters is 1. The second-order valence-electron chi connectivity index (χ2n) is 5.74. The van der Waals surface area contributed by atoms with Crippen LogP contribution < -0.4 is 14.8 Å². The van der Waals surface area contributed by atoms with Crippen molar-refractivity contribution in [3.05, 3.63) is 53.6 Å². The summed E-state index contributed by atoms with van der Waals surface area (Å²) in [5, 5.41) is 3.25. The molecule has 0 aromatic heterocycles. The molecule has 0 saturated heterocycles. The zero-order chi connectivity index (χ0) is 19.8. The van der Waals surface area contributed by atoms with Gasteiger partial charge >= 0.3 is 5.97 Å². The van der Waals surface area contributed by atoms with E-state index in [1.165, 1.54) is 6.92 Å². The molecule has 7 heteroatoms. The number of carbonyl (C=O) groups excluding carboxylic acids is 2. The third kappa shape index (κ3) is 6.49. The van der Waals surface area contributed by atoms with Crippen molar-refractivity contribution in [2.45, 2.75) is 33.0 Å². The predicted octanol–water partition coefficient (Wildman–Crippen LogP) is 4.08. The molecular weight excluding hydrogens is 370 g/mol. The number of hydrogen-bond acceptors (Lipinski definition) is 5. The summed E-state index contributed by atoms with van der Waals surface area (Å²) < 4.78 is 16.0. The molecule has 6 nitrogen and oxygen atoms in total. The molecule has 0 saturated carbocycles. The van der Waals surface area contributed by atoms with Crippen LogP contribution in [-0.4, -0.2) is 30.7 Å². The van der Waals surface area contributed by atoms with Crippen LogP contribution in [0.1, 0.15) is 20.8 Å². The second kappa shape index (κ2) is 9.83. The summed E-state index contributed by atoms with van der Waals surface area (Å²) >= 11 is 5.81. The Morgan fingerprint density at radius 3 is 2.15 bits per heavy atom. The molecule has 0 aliphatic rings. The summed E-state index contributed by atoms with van der Waals surface area (Å²) in [4.78, 5) is 24.3. The van der Waals surface area contributed by atoms with E-state index in [0.29, 0.717) is 28.8 Å². The minimum absolute atomic E-state index is 0.439. The van der Waals surface area contributed by atoms with E-state index in [1.807, 2.05) is 6.92 Å². The summed E-state index contributed by atoms with van der Waals surface area (Å²) in [6.07, 6.45) is -1.84. The van der Waals surface area contributed by atoms with Gasteiger partial charge in [-0.1, -0.05) is 11.6 Å². The van der Waals surface area contributed by atoms with Gasteiger partial charge in [0.15, 0.2) is 12.2 Å². The third-order valence-corrected chi connectivity index (χ3v) is 3.81. The highest BCUT2D eigenvalue weighted by Gasteiger charge is 2.23. The summed E-state index contributed by atoms with van der Waals surface area (Å²) in [7, 11) is 0. The molecule has 1 N–H and O–H groups in total. The van der Waals surface area contributed by atoms with E-state index < -0.39 is 24.1 Å². The highest BCUT2D eigenvalue weighted by Crippen LogP contribution is 2.18. The van der Waals surface area contributed by atoms with Gasteiger partial charge < -0.3 is 19.5 Å². The predicted molar refractivity (Wildman–Crippen MR) is 103 cm³/mol. The minimum atomic E-state index is -0.972. The van der Waals surface area contributed by atoms with Crippen LogP contribution in [0.25, 0.3) is 0 Å². The van der Waals surface area contributed by atoms with E-state index in [2.05, 4.69) is 5.32 Å². The van der Waals surface area contributed by atoms with Gasteiger partial charge in [-0.3, -0.25) is 4.79 Å². The van der Waals surface area contributed by atoms with Gasteiger partial charge in [-0.2, -0.15) is 0 Å². The maximum atomic E-state index is 12.2. The fourth-order valence-electron chi connectivity index (χ4n) is 2.13. The first-order valence-electron chi connectivity index (χ1n) is 8.55. The van der Waals surface area contributed by atoms with Crippen LogP contribution in [0.2, 0.25) is 5.02 Å². The van der Waals surface area contributed by atoms with Crippen molar-refractivity contribution in [1.82, 2.24) is 0 Å². The lowest BCUT2D eigenvalue weighted by molar-refractivity contribution is -0.159. The lowest BCUT2D eigenvalue weighted by atomic mass is 10.2. The van der Waals surface area contributed by atoms with E-state index in [1.54, 1.807) is 55.5 Å². The van der Waals surface area contributed by atoms with Gasteiger partial charge in [0.25, 0.3) is 5.91 Å². The van der Waals surface area contributed by atoms with Gasteiger partial charge in [0.05, 0.1) is 6.61 Å². The minimum Gasteiger partial charge on any atom is -0.494 e. The summed E-state index contributed by atoms with van der Waals surface area (Å²) in [5.41, 5.74) is 0.580. The molecule has 0 radical (unpaired) electrons. The van der Waals surface area contributed by atoms with Crippen molar-refractivity contribution in [1.29, 1.82) is 0 Å². The molecule has 0 spiro atoms. The number of carbonyl (C=O) groups is 2. The van der Waals surface area contributed by atoms with Crippen molar-refractivity contribution >= 4 is 29.2 Å². The Kier molecular flexibility index (Phi) is 7.49. The Hall–Kier alpha value is -2.73. The maximum Gasteiger partial charge on any atom is 0.347 e. The molecule has 0 aliphatic carbocycles. The van der Waals surface area contributed by atoms with Gasteiger partial charge in [-0.15, -0.1) is 0 Å². The molecule has 2 rings (SSSR count). The highest BCUT2D eigenvalue weighted by molar-refractivity contribution is 6.30. The normalized spacial score (nSPS) is 12.6. The molecule has 2 atom stereocenters. The molecule has 2 aromatic carbocycles. The van der Waals surface area contributed by atoms with Gasteiger partial charge in [-0.05, 0) is 69.3 Å². The first-order valence-corrected chi connectivity index (χ1v) is 8.93. The fraction of sp³-hybridized carbons (Fsp3) is 0.300. The molecule has 2 aromatic rings. The van der Waals surface area contributed by atoms with Crippen LogP contribution in [0.3, 0.4) is 0 Å². The number of hydrogen-bond donors (Lipinski definition) is 1. The van der Waals surface area contributed by atoms with Crippen LogP contribution in [0.5, 0.6) is 11.5 Å². The zero-order valence-electron chi connectivity index (χ0n) is 15.4. The Morgan fingerprint density at radius 1 is 0.963 bits per heavy atom. The van der Waals surface area contributed by atoms with Crippen LogP contribution in [0, 0.1) is 0 Å². The summed E-state index contributed by atoms with van der Waals surface area (Å²) in [6, 6.07) is 13.5. The Balaban J connectivity index is 1.85. The number of benzene rings is 2. The third-order valence-electron chi connectivity index (χ3n) is 3.55. The SMILES string of the molecule is CCOc1ccc(NC(=O)[C@@H](C)OC(=O)[C@H](C)Oc2ccc(Cl)cc2)cc1. The molecule has 0 aliphatic heterocycles. The van der Waals surface area contributed by atoms with Crippen LogP contribution in [0.4, 0.5) is 5.69 Å². The van der Waals surface area contributed by atoms with E-state index >= 15 is 0 Å². The van der Waals surface area contributed by atoms with E-state index in [-0.39, 0.29) is 0 Å². The summed E-state index contributed by atoms with van der Waals surface area (Å²) in [6.45, 7) is 5.50. The smallest absolute Gasteiger partial charge is 0.347 e. The number of halogens is 1. The van der Waals surface area contributed by atoms with Crippen molar-refractivity contribution < 1.29 is 23.8 Å². The van der Waals surface area contributed by atoms with E-state index in [9.17, 15) is 9.59 Å². The first-order chi connectivity index (χ1) is 12.9. The van der Waals surface area contributed by atoms with Crippen molar-refractivity contribution in [3.63, 3.8) is 0 Å². The molecule has 0 bridgehead atoms. The van der Waals surface area contributed by atoms with Crippen molar-refractivity contribution in [2.75, 3.05) is 11.9 Å². The molecule has 144 valence electrons. The lowest BCUT2D eigenvalue weighted by Crippen LogP contribution is -2.35. The topological polar surface area (TPSA) is 73.9 Å². The first kappa shape index (κ1) is 20.6. The molecular formula is C20H22ClNO5. The van der Waals surface area contributed by atoms with Gasteiger partial charge in [0.2, 0.25) is 0 Å². The standard InChI is InChI=1S/C20H22ClNO5/c1-4-25-17-11-7-16(8-12-17)22-19(23)13(2)27-20(24)14(3)26-18-9-5-15(21)6-10-18/h5-14H,4H2,1-3H3,(H,22,23)/t13-,14+/m1/s1. The molecule has 0 fully saturated rings. The van der Waals surface area contributed by atoms with Gasteiger partial charge in [0, 0.05) is 10.7 Å². The number of rotatable bonds is 8. The molecule has 0 heterocycles. The number of nitrogens with one attached hydrogen (secondary N) is 1. The average Bonchev–Trinajstić information content (AvgIpc) is 2.65. The van der Waals surface area contributed by atoms with Crippen LogP contribution in [0.15, 0.2) is 48.5 Å². The average molecular weight is 392 g/mol. The summed E-state index contributed by atoms with van der Waals surface area (Å²) in [5.74, 6) is 0.115. The molecule has 0 unspecified atom stereocenters. The maximum absolute atomic E-state index is 12.2. The lowest BCUT2D eigenvalue weighted by Gasteiger charge is -2.18. The molecule has 27 heavy (non-hydrogen) atoms. The van der Waals surface area contributed by atoms with Crippen LogP contribution in [-0.2, 0) is 14.3 Å². The second-order valence-corrected chi connectivity index (χ2v) is 6.18. The Labute approximate surface area is 163 Å². The van der Waals surface area contributed by atoms with E-state index in [0.717, 1.165) is 0 Å². The van der Waals surface area contributed by atoms with Gasteiger partial charge in [-0.25, -0.2) is 4.79 Å². The van der Waals surface area contributed by atoms with Gasteiger partial charge in [0.1, 0.15) is 11.5 Å². The highest BCUT2D eigenvalue weighted by atomic mass is 35.5. The zero-order valence-corrected chi connectivity index (χ0v) is 16.2.